The number of amides is 1. The minimum atomic E-state index is -3.48. The molecule has 1 aromatic carbocycles. The molecule has 9 heteroatoms. The van der Waals surface area contributed by atoms with E-state index in [4.69, 9.17) is 5.73 Å². The van der Waals surface area contributed by atoms with Crippen LogP contribution >= 0.6 is 10.8 Å². The number of hydrogen-bond donors (Lipinski definition) is 3. The molecule has 2 atom stereocenters. The minimum Gasteiger partial charge on any atom is -0.340 e. The number of hydrogen-bond acceptors (Lipinski definition) is 6. The second-order valence-corrected chi connectivity index (χ2v) is 10.3. The van der Waals surface area contributed by atoms with Crippen molar-refractivity contribution in [2.75, 3.05) is 19.6 Å². The van der Waals surface area contributed by atoms with E-state index in [1.807, 2.05) is 20.8 Å². The van der Waals surface area contributed by atoms with Crippen molar-refractivity contribution in [3.8, 4) is 0 Å². The number of carbonyl (C=O) groups is 1. The van der Waals surface area contributed by atoms with Crippen molar-refractivity contribution in [1.29, 1.82) is 0 Å². The van der Waals surface area contributed by atoms with Gasteiger partial charge in [0.2, 0.25) is 5.91 Å². The Balaban J connectivity index is 1.87. The molecule has 0 spiro atoms. The fraction of sp³-hybridized carbons (Fsp3) is 0.524. The molecule has 0 aliphatic carbocycles. The van der Waals surface area contributed by atoms with Crippen molar-refractivity contribution in [3.05, 3.63) is 36.4 Å². The predicted octanol–water partition coefficient (Wildman–Crippen LogP) is 3.69. The summed E-state index contributed by atoms with van der Waals surface area (Å²) >= 11 is 0. The quantitative estimate of drug-likeness (QED) is 0.658. The molecule has 3 rings (SSSR count). The van der Waals surface area contributed by atoms with Crippen LogP contribution in [0.2, 0.25) is 0 Å². The molecule has 30 heavy (non-hydrogen) atoms. The van der Waals surface area contributed by atoms with Crippen molar-refractivity contribution in [2.24, 2.45) is 11.7 Å². The topological polar surface area (TPSA) is 103 Å². The first kappa shape index (κ1) is 22.9. The molecule has 4 N–H and O–H groups in total. The van der Waals surface area contributed by atoms with Gasteiger partial charge in [0.25, 0.3) is 0 Å². The predicted molar refractivity (Wildman–Crippen MR) is 118 cm³/mol. The van der Waals surface area contributed by atoms with Gasteiger partial charge in [0.1, 0.15) is 0 Å². The Labute approximate surface area is 178 Å². The zero-order chi connectivity index (χ0) is 22.1. The molecule has 1 amide bonds. The van der Waals surface area contributed by atoms with Crippen LogP contribution in [0.25, 0.3) is 10.8 Å². The van der Waals surface area contributed by atoms with Crippen LogP contribution in [0.15, 0.2) is 35.5 Å². The lowest BCUT2D eigenvalue weighted by molar-refractivity contribution is -0.133. The van der Waals surface area contributed by atoms with E-state index in [1.165, 1.54) is 6.20 Å². The average molecular weight is 439 g/mol. The molecule has 1 fully saturated rings. The SMILES string of the molecule is CC(C)C[C@H](N)C(=O)N1CCCN(S(O)(O)c2cccc3cncc(F)c23)[C@@H](C)C1. The van der Waals surface area contributed by atoms with Crippen LogP contribution in [0.3, 0.4) is 0 Å². The molecule has 166 valence electrons. The van der Waals surface area contributed by atoms with E-state index in [-0.39, 0.29) is 22.2 Å². The fourth-order valence-corrected chi connectivity index (χ4v) is 6.03. The van der Waals surface area contributed by atoms with Gasteiger partial charge < -0.3 is 10.6 Å². The summed E-state index contributed by atoms with van der Waals surface area (Å²) in [6, 6.07) is 3.99. The van der Waals surface area contributed by atoms with Crippen LogP contribution in [0.4, 0.5) is 4.39 Å². The number of fused-ring (bicyclic) bond motifs is 1. The molecule has 2 heterocycles. The van der Waals surface area contributed by atoms with Gasteiger partial charge in [0, 0.05) is 42.6 Å². The van der Waals surface area contributed by atoms with Gasteiger partial charge in [-0.05, 0) is 31.7 Å². The van der Waals surface area contributed by atoms with E-state index in [0.717, 1.165) is 6.20 Å². The van der Waals surface area contributed by atoms with Gasteiger partial charge in [-0.3, -0.25) is 18.9 Å². The number of benzene rings is 1. The van der Waals surface area contributed by atoms with E-state index in [9.17, 15) is 18.3 Å². The Bertz CT molecular complexity index is 906. The molecule has 0 unspecified atom stereocenters. The summed E-state index contributed by atoms with van der Waals surface area (Å²) in [4.78, 5) is 18.5. The third-order valence-electron chi connectivity index (χ3n) is 5.46. The summed E-state index contributed by atoms with van der Waals surface area (Å²) in [5.74, 6) is -0.397. The first-order valence-corrected chi connectivity index (χ1v) is 11.7. The van der Waals surface area contributed by atoms with Crippen molar-refractivity contribution < 1.29 is 18.3 Å². The Kier molecular flexibility index (Phi) is 6.98. The summed E-state index contributed by atoms with van der Waals surface area (Å²) < 4.78 is 38.6. The maximum atomic E-state index is 14.5. The lowest BCUT2D eigenvalue weighted by atomic mass is 10.0. The number of nitrogens with zero attached hydrogens (tertiary/aromatic N) is 3. The normalized spacial score (nSPS) is 20.4. The first-order chi connectivity index (χ1) is 14.1. The molecule has 1 aliphatic heterocycles. The van der Waals surface area contributed by atoms with Gasteiger partial charge in [-0.25, -0.2) is 4.39 Å². The van der Waals surface area contributed by atoms with Crippen molar-refractivity contribution in [2.45, 2.75) is 50.6 Å². The summed E-state index contributed by atoms with van der Waals surface area (Å²) in [7, 11) is -3.48. The second-order valence-electron chi connectivity index (χ2n) is 8.36. The summed E-state index contributed by atoms with van der Waals surface area (Å²) in [6.45, 7) is 7.08. The van der Waals surface area contributed by atoms with Crippen LogP contribution in [0, 0.1) is 11.7 Å². The van der Waals surface area contributed by atoms with Crippen LogP contribution in [0.5, 0.6) is 0 Å². The van der Waals surface area contributed by atoms with Gasteiger partial charge >= 0.3 is 0 Å². The van der Waals surface area contributed by atoms with E-state index < -0.39 is 22.6 Å². The highest BCUT2D eigenvalue weighted by Gasteiger charge is 2.35. The number of aromatic nitrogens is 1. The fourth-order valence-electron chi connectivity index (χ4n) is 4.07. The van der Waals surface area contributed by atoms with Gasteiger partial charge in [0.15, 0.2) is 5.82 Å². The molecule has 0 saturated carbocycles. The standard InChI is InChI=1S/C21H31FN4O3S/c1-14(2)10-18(23)21(27)25-8-5-9-26(15(3)13-25)30(28,29)19-7-4-6-16-11-24-12-17(22)20(16)19/h4,6-7,11-12,14-15,18,28-29H,5,8-10,13,23H2,1-3H3/t15-,18-/m0/s1. The lowest BCUT2D eigenvalue weighted by Gasteiger charge is -2.46. The smallest absolute Gasteiger partial charge is 0.239 e. The number of halogens is 1. The third kappa shape index (κ3) is 4.60. The van der Waals surface area contributed by atoms with Crippen LogP contribution in [-0.4, -0.2) is 60.9 Å². The molecule has 2 aromatic rings. The maximum Gasteiger partial charge on any atom is 0.239 e. The zero-order valence-corrected chi connectivity index (χ0v) is 18.5. The lowest BCUT2D eigenvalue weighted by Crippen LogP contribution is -2.48. The molecule has 1 aliphatic rings. The summed E-state index contributed by atoms with van der Waals surface area (Å²) in [5.41, 5.74) is 6.09. The second kappa shape index (κ2) is 9.15. The van der Waals surface area contributed by atoms with Gasteiger partial charge in [-0.1, -0.05) is 26.0 Å². The molecule has 7 nitrogen and oxygen atoms in total. The average Bonchev–Trinajstić information content (AvgIpc) is 2.88. The maximum absolute atomic E-state index is 14.5. The monoisotopic (exact) mass is 438 g/mol. The van der Waals surface area contributed by atoms with Crippen molar-refractivity contribution in [1.82, 2.24) is 14.2 Å². The number of carbonyl (C=O) groups excluding carboxylic acids is 1. The van der Waals surface area contributed by atoms with E-state index >= 15 is 0 Å². The molecule has 1 aromatic heterocycles. The largest absolute Gasteiger partial charge is 0.340 e. The highest BCUT2D eigenvalue weighted by molar-refractivity contribution is 8.22. The van der Waals surface area contributed by atoms with Gasteiger partial charge in [-0.2, -0.15) is 4.31 Å². The highest BCUT2D eigenvalue weighted by Crippen LogP contribution is 2.55. The van der Waals surface area contributed by atoms with Crippen molar-refractivity contribution in [3.63, 3.8) is 0 Å². The Morgan fingerprint density at radius 1 is 1.33 bits per heavy atom. The van der Waals surface area contributed by atoms with Gasteiger partial charge in [0.05, 0.1) is 17.1 Å². The van der Waals surface area contributed by atoms with E-state index in [0.29, 0.717) is 43.8 Å². The Morgan fingerprint density at radius 2 is 2.07 bits per heavy atom. The summed E-state index contributed by atoms with van der Waals surface area (Å²) in [6.07, 6.45) is 3.74. The zero-order valence-electron chi connectivity index (χ0n) is 17.7. The molecular formula is C21H31FN4O3S. The number of rotatable bonds is 5. The molecule has 0 radical (unpaired) electrons. The minimum absolute atomic E-state index is 0.115. The van der Waals surface area contributed by atoms with Crippen molar-refractivity contribution >= 4 is 27.5 Å². The molecular weight excluding hydrogens is 407 g/mol. The van der Waals surface area contributed by atoms with Crippen LogP contribution in [0.1, 0.15) is 33.6 Å². The Hall–Kier alpha value is -1.78. The molecule has 1 saturated heterocycles. The number of pyridine rings is 1. The van der Waals surface area contributed by atoms with Gasteiger partial charge in [-0.15, -0.1) is 10.8 Å². The molecule has 0 bridgehead atoms. The number of nitrogens with two attached hydrogens (primary N) is 1. The van der Waals surface area contributed by atoms with Crippen LogP contribution < -0.4 is 5.73 Å². The Morgan fingerprint density at radius 3 is 2.77 bits per heavy atom. The third-order valence-corrected chi connectivity index (χ3v) is 7.58. The van der Waals surface area contributed by atoms with E-state index in [1.54, 1.807) is 27.4 Å². The summed E-state index contributed by atoms with van der Waals surface area (Å²) in [5, 5.41) is 0.669. The van der Waals surface area contributed by atoms with Crippen LogP contribution in [-0.2, 0) is 4.79 Å². The highest BCUT2D eigenvalue weighted by atomic mass is 32.3. The first-order valence-electron chi connectivity index (χ1n) is 10.2. The van der Waals surface area contributed by atoms with E-state index in [2.05, 4.69) is 4.98 Å².